The zero-order valence-corrected chi connectivity index (χ0v) is 11.4. The number of carbonyl (C=O) groups excluding carboxylic acids is 1. The molecule has 1 aromatic rings. The van der Waals surface area contributed by atoms with Crippen molar-refractivity contribution in [2.75, 3.05) is 26.4 Å². The van der Waals surface area contributed by atoms with Crippen LogP contribution in [0.3, 0.4) is 0 Å². The van der Waals surface area contributed by atoms with Crippen LogP contribution in [0.15, 0.2) is 24.3 Å². The van der Waals surface area contributed by atoms with Crippen LogP contribution >= 0.6 is 0 Å². The van der Waals surface area contributed by atoms with Crippen molar-refractivity contribution in [2.45, 2.75) is 25.8 Å². The molecule has 0 bridgehead atoms. The van der Waals surface area contributed by atoms with Gasteiger partial charge in [0.1, 0.15) is 0 Å². The minimum atomic E-state index is 0.0765. The van der Waals surface area contributed by atoms with Crippen molar-refractivity contribution < 1.29 is 4.79 Å². The van der Waals surface area contributed by atoms with E-state index in [1.54, 1.807) is 0 Å². The molecule has 0 saturated carbocycles. The molecule has 1 aromatic carbocycles. The summed E-state index contributed by atoms with van der Waals surface area (Å²) < 4.78 is 0. The van der Waals surface area contributed by atoms with Gasteiger partial charge >= 0.3 is 0 Å². The van der Waals surface area contributed by atoms with Crippen molar-refractivity contribution >= 4 is 11.6 Å². The molecule has 0 fully saturated rings. The number of hydrogen-bond acceptors (Lipinski definition) is 3. The number of anilines is 1. The summed E-state index contributed by atoms with van der Waals surface area (Å²) >= 11 is 0. The van der Waals surface area contributed by atoms with Gasteiger partial charge in [-0.3, -0.25) is 4.79 Å². The Morgan fingerprint density at radius 1 is 1.39 bits per heavy atom. The van der Waals surface area contributed by atoms with Crippen LogP contribution in [-0.2, 0) is 11.2 Å². The first-order valence-corrected chi connectivity index (χ1v) is 6.26. The number of hydrogen-bond donors (Lipinski definition) is 2. The van der Waals surface area contributed by atoms with E-state index >= 15 is 0 Å². The van der Waals surface area contributed by atoms with Gasteiger partial charge in [-0.25, -0.2) is 0 Å². The Morgan fingerprint density at radius 3 is 2.67 bits per heavy atom. The fourth-order valence-corrected chi connectivity index (χ4v) is 1.95. The van der Waals surface area contributed by atoms with Crippen molar-refractivity contribution in [1.82, 2.24) is 10.2 Å². The average molecular weight is 249 g/mol. The smallest absolute Gasteiger partial charge is 0.220 e. The normalized spacial score (nSPS) is 12.4. The maximum absolute atomic E-state index is 11.7. The van der Waals surface area contributed by atoms with E-state index in [2.05, 4.69) is 10.2 Å². The van der Waals surface area contributed by atoms with Gasteiger partial charge in [-0.2, -0.15) is 0 Å². The standard InChI is InChI=1S/C14H23N3O/c1-11(10-17(2)3)16-14(18)9-8-12-6-4-5-7-13(12)15/h4-7,11H,8-10,15H2,1-3H3,(H,16,18). The number of benzene rings is 1. The third-order valence-electron chi connectivity index (χ3n) is 2.72. The minimum absolute atomic E-state index is 0.0765. The number of nitrogen functional groups attached to an aromatic ring is 1. The molecule has 0 heterocycles. The lowest BCUT2D eigenvalue weighted by molar-refractivity contribution is -0.121. The van der Waals surface area contributed by atoms with Gasteiger partial charge in [0.15, 0.2) is 0 Å². The van der Waals surface area contributed by atoms with Crippen molar-refractivity contribution in [2.24, 2.45) is 0 Å². The first kappa shape index (κ1) is 14.5. The van der Waals surface area contributed by atoms with Gasteiger partial charge in [-0.1, -0.05) is 18.2 Å². The van der Waals surface area contributed by atoms with E-state index in [1.807, 2.05) is 45.3 Å². The number of likely N-dealkylation sites (N-methyl/N-ethyl adjacent to an activating group) is 1. The number of para-hydroxylation sites is 1. The van der Waals surface area contributed by atoms with E-state index < -0.39 is 0 Å². The molecule has 1 amide bonds. The van der Waals surface area contributed by atoms with E-state index in [0.29, 0.717) is 12.8 Å². The zero-order chi connectivity index (χ0) is 13.5. The first-order chi connectivity index (χ1) is 8.49. The van der Waals surface area contributed by atoms with Crippen LogP contribution in [0.1, 0.15) is 18.9 Å². The van der Waals surface area contributed by atoms with Gasteiger partial charge in [0.25, 0.3) is 0 Å². The van der Waals surface area contributed by atoms with E-state index in [0.717, 1.165) is 17.8 Å². The first-order valence-electron chi connectivity index (χ1n) is 6.26. The molecule has 1 rings (SSSR count). The molecule has 100 valence electrons. The van der Waals surface area contributed by atoms with E-state index in [4.69, 9.17) is 5.73 Å². The summed E-state index contributed by atoms with van der Waals surface area (Å²) in [6, 6.07) is 7.84. The summed E-state index contributed by atoms with van der Waals surface area (Å²) in [6.45, 7) is 2.86. The number of carbonyl (C=O) groups is 1. The number of aryl methyl sites for hydroxylation is 1. The van der Waals surface area contributed by atoms with Gasteiger partial charge < -0.3 is 16.0 Å². The van der Waals surface area contributed by atoms with Gasteiger partial charge in [0.2, 0.25) is 5.91 Å². The Balaban J connectivity index is 2.35. The summed E-state index contributed by atoms with van der Waals surface area (Å²) in [5.74, 6) is 0.0765. The summed E-state index contributed by atoms with van der Waals surface area (Å²) in [6.07, 6.45) is 1.17. The van der Waals surface area contributed by atoms with Gasteiger partial charge in [-0.15, -0.1) is 0 Å². The van der Waals surface area contributed by atoms with E-state index in [-0.39, 0.29) is 11.9 Å². The third kappa shape index (κ3) is 5.19. The second-order valence-electron chi connectivity index (χ2n) is 4.93. The Morgan fingerprint density at radius 2 is 2.06 bits per heavy atom. The Labute approximate surface area is 109 Å². The van der Waals surface area contributed by atoms with Crippen LogP contribution in [0, 0.1) is 0 Å². The lowest BCUT2D eigenvalue weighted by Gasteiger charge is -2.18. The van der Waals surface area contributed by atoms with Crippen LogP contribution in [0.5, 0.6) is 0 Å². The fraction of sp³-hybridized carbons (Fsp3) is 0.500. The number of nitrogens with two attached hydrogens (primary N) is 1. The van der Waals surface area contributed by atoms with Crippen LogP contribution in [0.2, 0.25) is 0 Å². The van der Waals surface area contributed by atoms with E-state index in [1.165, 1.54) is 0 Å². The Kier molecular flexibility index (Phi) is 5.65. The maximum atomic E-state index is 11.7. The number of rotatable bonds is 6. The topological polar surface area (TPSA) is 58.4 Å². The number of amides is 1. The SMILES string of the molecule is CC(CN(C)C)NC(=O)CCc1ccccc1N. The summed E-state index contributed by atoms with van der Waals surface area (Å²) in [7, 11) is 3.99. The molecule has 4 heteroatoms. The molecule has 18 heavy (non-hydrogen) atoms. The molecule has 0 radical (unpaired) electrons. The molecule has 0 aliphatic rings. The van der Waals surface area contributed by atoms with E-state index in [9.17, 15) is 4.79 Å². The van der Waals surface area contributed by atoms with Gasteiger partial charge in [0, 0.05) is 24.7 Å². The summed E-state index contributed by atoms with van der Waals surface area (Å²) in [5.41, 5.74) is 7.63. The predicted octanol–water partition coefficient (Wildman–Crippen LogP) is 1.27. The van der Waals surface area contributed by atoms with Crippen LogP contribution in [0.4, 0.5) is 5.69 Å². The molecule has 4 nitrogen and oxygen atoms in total. The third-order valence-corrected chi connectivity index (χ3v) is 2.72. The second-order valence-corrected chi connectivity index (χ2v) is 4.93. The van der Waals surface area contributed by atoms with Gasteiger partial charge in [0.05, 0.1) is 0 Å². The molecule has 0 saturated heterocycles. The zero-order valence-electron chi connectivity index (χ0n) is 11.4. The van der Waals surface area contributed by atoms with Crippen LogP contribution < -0.4 is 11.1 Å². The molecular weight excluding hydrogens is 226 g/mol. The minimum Gasteiger partial charge on any atom is -0.399 e. The van der Waals surface area contributed by atoms with Crippen molar-refractivity contribution in [3.05, 3.63) is 29.8 Å². The monoisotopic (exact) mass is 249 g/mol. The highest BCUT2D eigenvalue weighted by atomic mass is 16.1. The Bertz CT molecular complexity index is 390. The molecule has 1 atom stereocenters. The molecule has 0 aliphatic heterocycles. The number of nitrogens with one attached hydrogen (secondary N) is 1. The molecule has 0 spiro atoms. The average Bonchev–Trinajstić information content (AvgIpc) is 2.26. The molecule has 0 aliphatic carbocycles. The maximum Gasteiger partial charge on any atom is 0.220 e. The Hall–Kier alpha value is -1.55. The molecular formula is C14H23N3O. The predicted molar refractivity (Wildman–Crippen MR) is 75.3 cm³/mol. The number of nitrogens with zero attached hydrogens (tertiary/aromatic N) is 1. The van der Waals surface area contributed by atoms with Crippen molar-refractivity contribution in [3.63, 3.8) is 0 Å². The second kappa shape index (κ2) is 7.01. The lowest BCUT2D eigenvalue weighted by Crippen LogP contribution is -2.39. The van der Waals surface area contributed by atoms with Crippen molar-refractivity contribution in [1.29, 1.82) is 0 Å². The largest absolute Gasteiger partial charge is 0.399 e. The molecule has 1 unspecified atom stereocenters. The van der Waals surface area contributed by atoms with Crippen LogP contribution in [-0.4, -0.2) is 37.5 Å². The van der Waals surface area contributed by atoms with Crippen LogP contribution in [0.25, 0.3) is 0 Å². The highest BCUT2D eigenvalue weighted by Crippen LogP contribution is 2.12. The summed E-state index contributed by atoms with van der Waals surface area (Å²) in [5, 5.41) is 2.98. The van der Waals surface area contributed by atoms with Crippen molar-refractivity contribution in [3.8, 4) is 0 Å². The lowest BCUT2D eigenvalue weighted by atomic mass is 10.1. The highest BCUT2D eigenvalue weighted by molar-refractivity contribution is 5.76. The molecule has 3 N–H and O–H groups in total. The molecule has 0 aromatic heterocycles. The highest BCUT2D eigenvalue weighted by Gasteiger charge is 2.08. The quantitative estimate of drug-likeness (QED) is 0.746. The fourth-order valence-electron chi connectivity index (χ4n) is 1.95. The summed E-state index contributed by atoms with van der Waals surface area (Å²) in [4.78, 5) is 13.8. The van der Waals surface area contributed by atoms with Gasteiger partial charge in [-0.05, 0) is 39.1 Å².